The molecule has 26 heavy (non-hydrogen) atoms. The van der Waals surface area contributed by atoms with E-state index in [1.807, 2.05) is 30.3 Å². The second-order valence-electron chi connectivity index (χ2n) is 5.42. The summed E-state index contributed by atoms with van der Waals surface area (Å²) in [6.07, 6.45) is 1.70. The molecule has 1 heterocycles. The molecule has 0 bridgehead atoms. The number of imide groups is 1. The summed E-state index contributed by atoms with van der Waals surface area (Å²) in [6, 6.07) is 14.6. The van der Waals surface area contributed by atoms with Gasteiger partial charge in [0.15, 0.2) is 0 Å². The van der Waals surface area contributed by atoms with Crippen LogP contribution in [0.4, 0.5) is 10.5 Å². The number of thioether (sulfide) groups is 1. The van der Waals surface area contributed by atoms with E-state index in [9.17, 15) is 9.59 Å². The zero-order valence-electron chi connectivity index (χ0n) is 14.4. The number of hydrogen-bond donors (Lipinski definition) is 1. The van der Waals surface area contributed by atoms with Crippen LogP contribution in [0.3, 0.4) is 0 Å². The average molecular weight is 370 g/mol. The number of amides is 2. The maximum atomic E-state index is 12.5. The van der Waals surface area contributed by atoms with Crippen molar-refractivity contribution in [3.05, 3.63) is 59.0 Å². The van der Waals surface area contributed by atoms with Crippen LogP contribution in [0.15, 0.2) is 53.4 Å². The number of rotatable bonds is 6. The van der Waals surface area contributed by atoms with Crippen LogP contribution < -0.4 is 14.8 Å². The number of carbonyl (C=O) groups is 2. The second kappa shape index (κ2) is 7.97. The minimum atomic E-state index is -0.321. The molecule has 1 aliphatic heterocycles. The Morgan fingerprint density at radius 2 is 1.77 bits per heavy atom. The molecule has 0 aromatic heterocycles. The van der Waals surface area contributed by atoms with Gasteiger partial charge in [-0.15, -0.1) is 0 Å². The molecule has 0 spiro atoms. The van der Waals surface area contributed by atoms with Crippen LogP contribution in [0.5, 0.6) is 11.5 Å². The molecule has 0 aliphatic carbocycles. The van der Waals surface area contributed by atoms with Crippen molar-refractivity contribution in [3.63, 3.8) is 0 Å². The first-order chi connectivity index (χ1) is 12.6. The number of carbonyl (C=O) groups excluding carboxylic acids is 2. The fourth-order valence-electron chi connectivity index (χ4n) is 2.44. The van der Waals surface area contributed by atoms with Crippen LogP contribution >= 0.6 is 11.8 Å². The van der Waals surface area contributed by atoms with Crippen molar-refractivity contribution >= 4 is 34.7 Å². The lowest BCUT2D eigenvalue weighted by Gasteiger charge is -2.16. The SMILES string of the molecule is COc1ccc(/C=C2\SC(=O)N(CNc3ccccc3OC)C2=O)cc1. The van der Waals surface area contributed by atoms with E-state index in [1.165, 1.54) is 4.90 Å². The first-order valence-corrected chi connectivity index (χ1v) is 8.70. The van der Waals surface area contributed by atoms with Gasteiger partial charge in [-0.1, -0.05) is 24.3 Å². The Morgan fingerprint density at radius 1 is 1.04 bits per heavy atom. The molecule has 1 fully saturated rings. The molecule has 3 rings (SSSR count). The Labute approximate surface area is 155 Å². The van der Waals surface area contributed by atoms with Crippen LogP contribution in [0.25, 0.3) is 6.08 Å². The summed E-state index contributed by atoms with van der Waals surface area (Å²) in [4.78, 5) is 26.3. The fraction of sp³-hybridized carbons (Fsp3) is 0.158. The zero-order chi connectivity index (χ0) is 18.5. The molecule has 0 unspecified atom stereocenters. The predicted octanol–water partition coefficient (Wildman–Crippen LogP) is 3.81. The number of nitrogens with one attached hydrogen (secondary N) is 1. The molecule has 2 aromatic rings. The van der Waals surface area contributed by atoms with E-state index >= 15 is 0 Å². The summed E-state index contributed by atoms with van der Waals surface area (Å²) in [5.74, 6) is 1.06. The van der Waals surface area contributed by atoms with Crippen LogP contribution in [0.1, 0.15) is 5.56 Å². The molecule has 1 saturated heterocycles. The van der Waals surface area contributed by atoms with E-state index in [4.69, 9.17) is 9.47 Å². The third-order valence-corrected chi connectivity index (χ3v) is 4.73. The van der Waals surface area contributed by atoms with E-state index in [2.05, 4.69) is 5.32 Å². The normalized spacial score (nSPS) is 15.5. The minimum absolute atomic E-state index is 0.0744. The molecule has 2 amide bonds. The highest BCUT2D eigenvalue weighted by atomic mass is 32.2. The van der Waals surface area contributed by atoms with Gasteiger partial charge in [0.2, 0.25) is 0 Å². The van der Waals surface area contributed by atoms with Crippen LogP contribution in [0.2, 0.25) is 0 Å². The van der Waals surface area contributed by atoms with Gasteiger partial charge in [-0.05, 0) is 47.7 Å². The second-order valence-corrected chi connectivity index (χ2v) is 6.41. The first-order valence-electron chi connectivity index (χ1n) is 7.88. The van der Waals surface area contributed by atoms with Gasteiger partial charge in [0.25, 0.3) is 11.1 Å². The molecule has 6 nitrogen and oxygen atoms in total. The number of para-hydroxylation sites is 2. The zero-order valence-corrected chi connectivity index (χ0v) is 15.2. The van der Waals surface area contributed by atoms with Crippen molar-refractivity contribution in [2.75, 3.05) is 26.2 Å². The van der Waals surface area contributed by atoms with Gasteiger partial charge < -0.3 is 14.8 Å². The predicted molar refractivity (Wildman–Crippen MR) is 102 cm³/mol. The molecule has 0 saturated carbocycles. The molecule has 0 radical (unpaired) electrons. The van der Waals surface area contributed by atoms with E-state index < -0.39 is 0 Å². The van der Waals surface area contributed by atoms with E-state index in [0.29, 0.717) is 16.3 Å². The summed E-state index contributed by atoms with van der Waals surface area (Å²) in [5.41, 5.74) is 1.54. The lowest BCUT2D eigenvalue weighted by Crippen LogP contribution is -2.33. The third-order valence-electron chi connectivity index (χ3n) is 3.82. The Morgan fingerprint density at radius 3 is 2.46 bits per heavy atom. The van der Waals surface area contributed by atoms with Gasteiger partial charge in [-0.3, -0.25) is 14.5 Å². The Bertz CT molecular complexity index is 849. The van der Waals surface area contributed by atoms with Gasteiger partial charge in [-0.25, -0.2) is 0 Å². The maximum absolute atomic E-state index is 12.5. The monoisotopic (exact) mass is 370 g/mol. The molecule has 1 aliphatic rings. The summed E-state index contributed by atoms with van der Waals surface area (Å²) >= 11 is 0.928. The van der Waals surface area contributed by atoms with Crippen LogP contribution in [-0.2, 0) is 4.79 Å². The number of hydrogen-bond acceptors (Lipinski definition) is 6. The number of nitrogens with zero attached hydrogens (tertiary/aromatic N) is 1. The Balaban J connectivity index is 1.71. The van der Waals surface area contributed by atoms with Crippen molar-refractivity contribution in [2.24, 2.45) is 0 Å². The summed E-state index contributed by atoms with van der Waals surface area (Å²) in [6.45, 7) is 0.0744. The number of anilines is 1. The molecule has 1 N–H and O–H groups in total. The molecule has 2 aromatic carbocycles. The third kappa shape index (κ3) is 3.83. The van der Waals surface area contributed by atoms with Crippen molar-refractivity contribution in [1.82, 2.24) is 4.90 Å². The highest BCUT2D eigenvalue weighted by molar-refractivity contribution is 8.18. The standard InChI is InChI=1S/C19H18N2O4S/c1-24-14-9-7-13(8-10-14)11-17-18(22)21(19(23)26-17)12-20-15-5-3-4-6-16(15)25-2/h3-11,20H,12H2,1-2H3/b17-11-. The Kier molecular flexibility index (Phi) is 5.48. The van der Waals surface area contributed by atoms with E-state index in [0.717, 1.165) is 23.1 Å². The number of methoxy groups -OCH3 is 2. The van der Waals surface area contributed by atoms with Crippen molar-refractivity contribution < 1.29 is 19.1 Å². The van der Waals surface area contributed by atoms with E-state index in [1.54, 1.807) is 38.5 Å². The van der Waals surface area contributed by atoms with Gasteiger partial charge in [-0.2, -0.15) is 0 Å². The highest BCUT2D eigenvalue weighted by Crippen LogP contribution is 2.33. The molecule has 7 heteroatoms. The number of ether oxygens (including phenoxy) is 2. The lowest BCUT2D eigenvalue weighted by molar-refractivity contribution is -0.122. The smallest absolute Gasteiger partial charge is 0.295 e. The van der Waals surface area contributed by atoms with Gasteiger partial charge in [0.05, 0.1) is 31.5 Å². The van der Waals surface area contributed by atoms with Crippen molar-refractivity contribution in [1.29, 1.82) is 0 Å². The van der Waals surface area contributed by atoms with Crippen molar-refractivity contribution in [2.45, 2.75) is 0 Å². The number of benzene rings is 2. The summed E-state index contributed by atoms with van der Waals surface area (Å²) in [7, 11) is 3.16. The van der Waals surface area contributed by atoms with Crippen molar-refractivity contribution in [3.8, 4) is 11.5 Å². The van der Waals surface area contributed by atoms with Crippen LogP contribution in [-0.4, -0.2) is 36.9 Å². The van der Waals surface area contributed by atoms with E-state index in [-0.39, 0.29) is 17.8 Å². The summed E-state index contributed by atoms with van der Waals surface area (Å²) < 4.78 is 10.4. The highest BCUT2D eigenvalue weighted by Gasteiger charge is 2.34. The molecular weight excluding hydrogens is 352 g/mol. The van der Waals surface area contributed by atoms with Gasteiger partial charge in [0, 0.05) is 0 Å². The Hall–Kier alpha value is -2.93. The topological polar surface area (TPSA) is 67.9 Å². The first kappa shape index (κ1) is 17.9. The minimum Gasteiger partial charge on any atom is -0.497 e. The molecule has 0 atom stereocenters. The largest absolute Gasteiger partial charge is 0.497 e. The molecular formula is C19H18N2O4S. The summed E-state index contributed by atoms with van der Waals surface area (Å²) in [5, 5.41) is 2.76. The van der Waals surface area contributed by atoms with Gasteiger partial charge >= 0.3 is 0 Å². The van der Waals surface area contributed by atoms with Gasteiger partial charge in [0.1, 0.15) is 11.5 Å². The maximum Gasteiger partial charge on any atom is 0.295 e. The van der Waals surface area contributed by atoms with Crippen LogP contribution in [0, 0.1) is 0 Å². The quantitative estimate of drug-likeness (QED) is 0.780. The lowest BCUT2D eigenvalue weighted by atomic mass is 10.2. The fourth-order valence-corrected chi connectivity index (χ4v) is 3.28. The molecule has 134 valence electrons. The average Bonchev–Trinajstić information content (AvgIpc) is 2.94.